The smallest absolute Gasteiger partial charge is 0.397 e. The third-order valence-corrected chi connectivity index (χ3v) is 2.67. The SMILES string of the molecule is C=Cc1ccc2nc(C(F)(F)F)c(C#N)c(N)c2c1. The number of nitrogens with two attached hydrogens (primary N) is 1. The third-order valence-electron chi connectivity index (χ3n) is 2.67. The van der Waals surface area contributed by atoms with Crippen molar-refractivity contribution in [2.24, 2.45) is 0 Å². The van der Waals surface area contributed by atoms with Crippen LogP contribution in [0.5, 0.6) is 0 Å². The zero-order chi connectivity index (χ0) is 14.2. The number of hydrogen-bond donors (Lipinski definition) is 1. The molecule has 0 aliphatic carbocycles. The van der Waals surface area contributed by atoms with Crippen LogP contribution >= 0.6 is 0 Å². The van der Waals surface area contributed by atoms with E-state index >= 15 is 0 Å². The van der Waals surface area contributed by atoms with E-state index < -0.39 is 17.4 Å². The molecular formula is C13H8F3N3. The Kier molecular flexibility index (Phi) is 2.91. The van der Waals surface area contributed by atoms with E-state index in [4.69, 9.17) is 11.0 Å². The van der Waals surface area contributed by atoms with Crippen LogP contribution in [0.1, 0.15) is 16.8 Å². The van der Waals surface area contributed by atoms with Crippen molar-refractivity contribution in [3.8, 4) is 6.07 Å². The highest BCUT2D eigenvalue weighted by molar-refractivity contribution is 5.94. The molecule has 1 heterocycles. The van der Waals surface area contributed by atoms with Gasteiger partial charge in [0.15, 0.2) is 5.69 Å². The Labute approximate surface area is 106 Å². The van der Waals surface area contributed by atoms with E-state index in [1.54, 1.807) is 12.1 Å². The van der Waals surface area contributed by atoms with Crippen LogP contribution in [0.25, 0.3) is 17.0 Å². The number of aromatic nitrogens is 1. The molecule has 1 aromatic carbocycles. The standard InChI is InChI=1S/C13H8F3N3/c1-2-7-3-4-10-8(5-7)11(18)9(6-17)12(19-10)13(14,15)16/h2-5H,1H2,(H2,18,19). The Morgan fingerprint density at radius 3 is 2.58 bits per heavy atom. The molecular weight excluding hydrogens is 255 g/mol. The van der Waals surface area contributed by atoms with E-state index in [1.807, 2.05) is 0 Å². The van der Waals surface area contributed by atoms with Gasteiger partial charge in [0.25, 0.3) is 0 Å². The molecule has 2 N–H and O–H groups in total. The first-order chi connectivity index (χ1) is 8.88. The summed E-state index contributed by atoms with van der Waals surface area (Å²) < 4.78 is 38.4. The summed E-state index contributed by atoms with van der Waals surface area (Å²) in [6, 6.07) is 6.01. The molecule has 6 heteroatoms. The number of halogens is 3. The molecule has 0 saturated heterocycles. The van der Waals surface area contributed by atoms with Crippen molar-refractivity contribution in [1.29, 1.82) is 5.26 Å². The van der Waals surface area contributed by atoms with Gasteiger partial charge in [-0.2, -0.15) is 18.4 Å². The lowest BCUT2D eigenvalue weighted by atomic mass is 10.0. The van der Waals surface area contributed by atoms with Gasteiger partial charge >= 0.3 is 6.18 Å². The largest absolute Gasteiger partial charge is 0.434 e. The predicted molar refractivity (Wildman–Crippen MR) is 66.0 cm³/mol. The molecule has 0 radical (unpaired) electrons. The molecule has 0 spiro atoms. The average Bonchev–Trinajstić information content (AvgIpc) is 2.37. The molecule has 0 bridgehead atoms. The fourth-order valence-corrected chi connectivity index (χ4v) is 1.75. The molecule has 0 unspecified atom stereocenters. The van der Waals surface area contributed by atoms with Crippen molar-refractivity contribution in [2.75, 3.05) is 5.73 Å². The molecule has 0 fully saturated rings. The van der Waals surface area contributed by atoms with Crippen molar-refractivity contribution in [3.05, 3.63) is 41.6 Å². The van der Waals surface area contributed by atoms with E-state index in [0.717, 1.165) is 0 Å². The summed E-state index contributed by atoms with van der Waals surface area (Å²) in [5.74, 6) is 0. The maximum Gasteiger partial charge on any atom is 0.434 e. The van der Waals surface area contributed by atoms with E-state index in [9.17, 15) is 13.2 Å². The molecule has 96 valence electrons. The lowest BCUT2D eigenvalue weighted by molar-refractivity contribution is -0.141. The minimum atomic E-state index is -4.72. The molecule has 19 heavy (non-hydrogen) atoms. The van der Waals surface area contributed by atoms with Gasteiger partial charge < -0.3 is 5.73 Å². The maximum atomic E-state index is 12.8. The second-order valence-electron chi connectivity index (χ2n) is 3.84. The number of anilines is 1. The topological polar surface area (TPSA) is 62.7 Å². The van der Waals surface area contributed by atoms with Crippen LogP contribution in [-0.4, -0.2) is 4.98 Å². The predicted octanol–water partition coefficient (Wildman–Crippen LogP) is 3.35. The van der Waals surface area contributed by atoms with Crippen LogP contribution in [0, 0.1) is 11.3 Å². The Morgan fingerprint density at radius 2 is 2.05 bits per heavy atom. The molecule has 2 aromatic rings. The van der Waals surface area contributed by atoms with Crippen molar-refractivity contribution < 1.29 is 13.2 Å². The maximum absolute atomic E-state index is 12.8. The van der Waals surface area contributed by atoms with Crippen LogP contribution in [0.15, 0.2) is 24.8 Å². The number of alkyl halides is 3. The zero-order valence-electron chi connectivity index (χ0n) is 9.62. The molecule has 0 aliphatic heterocycles. The fraction of sp³-hybridized carbons (Fsp3) is 0.0769. The van der Waals surface area contributed by atoms with Crippen molar-refractivity contribution in [2.45, 2.75) is 6.18 Å². The first kappa shape index (κ1) is 12.9. The molecule has 2 rings (SSSR count). The molecule has 0 atom stereocenters. The molecule has 0 saturated carbocycles. The van der Waals surface area contributed by atoms with Crippen molar-refractivity contribution in [3.63, 3.8) is 0 Å². The van der Waals surface area contributed by atoms with Crippen LogP contribution < -0.4 is 5.73 Å². The summed E-state index contributed by atoms with van der Waals surface area (Å²) in [7, 11) is 0. The number of benzene rings is 1. The normalized spacial score (nSPS) is 11.3. The molecule has 1 aromatic heterocycles. The summed E-state index contributed by atoms with van der Waals surface area (Å²) in [6.45, 7) is 3.56. The molecule has 0 aliphatic rings. The summed E-state index contributed by atoms with van der Waals surface area (Å²) in [5.41, 5.74) is 4.30. The zero-order valence-corrected chi connectivity index (χ0v) is 9.62. The van der Waals surface area contributed by atoms with Gasteiger partial charge in [-0.05, 0) is 17.7 Å². The highest BCUT2D eigenvalue weighted by atomic mass is 19.4. The number of nitrogens with zero attached hydrogens (tertiary/aromatic N) is 2. The van der Waals surface area contributed by atoms with Gasteiger partial charge in [0.05, 0.1) is 11.2 Å². The van der Waals surface area contributed by atoms with E-state index in [-0.39, 0.29) is 11.2 Å². The van der Waals surface area contributed by atoms with Gasteiger partial charge in [0.2, 0.25) is 0 Å². The van der Waals surface area contributed by atoms with Gasteiger partial charge in [-0.1, -0.05) is 18.7 Å². The number of nitriles is 1. The van der Waals surface area contributed by atoms with Crippen molar-refractivity contribution in [1.82, 2.24) is 4.98 Å². The second kappa shape index (κ2) is 4.28. The number of rotatable bonds is 1. The number of fused-ring (bicyclic) bond motifs is 1. The molecule has 0 amide bonds. The number of nitrogen functional groups attached to an aromatic ring is 1. The average molecular weight is 263 g/mol. The quantitative estimate of drug-likeness (QED) is 0.858. The Hall–Kier alpha value is -2.55. The van der Waals surface area contributed by atoms with Gasteiger partial charge in [0, 0.05) is 5.39 Å². The Morgan fingerprint density at radius 1 is 1.37 bits per heavy atom. The number of pyridine rings is 1. The lowest BCUT2D eigenvalue weighted by Gasteiger charge is -2.12. The van der Waals surface area contributed by atoms with Crippen LogP contribution in [0.3, 0.4) is 0 Å². The van der Waals surface area contributed by atoms with E-state index in [0.29, 0.717) is 10.9 Å². The van der Waals surface area contributed by atoms with Gasteiger partial charge in [-0.15, -0.1) is 0 Å². The van der Waals surface area contributed by atoms with Crippen LogP contribution in [0.2, 0.25) is 0 Å². The van der Waals surface area contributed by atoms with Crippen LogP contribution in [-0.2, 0) is 6.18 Å². The minimum absolute atomic E-state index is 0.0921. The summed E-state index contributed by atoms with van der Waals surface area (Å²) in [6.07, 6.45) is -3.19. The Bertz CT molecular complexity index is 712. The fourth-order valence-electron chi connectivity index (χ4n) is 1.75. The van der Waals surface area contributed by atoms with Gasteiger partial charge in [-0.3, -0.25) is 0 Å². The third kappa shape index (κ3) is 2.10. The number of hydrogen-bond acceptors (Lipinski definition) is 3. The Balaban J connectivity index is 2.90. The molecule has 3 nitrogen and oxygen atoms in total. The lowest BCUT2D eigenvalue weighted by Crippen LogP contribution is -2.13. The summed E-state index contributed by atoms with van der Waals surface area (Å²) in [4.78, 5) is 3.49. The van der Waals surface area contributed by atoms with E-state index in [1.165, 1.54) is 18.2 Å². The summed E-state index contributed by atoms with van der Waals surface area (Å²) >= 11 is 0. The minimum Gasteiger partial charge on any atom is -0.397 e. The monoisotopic (exact) mass is 263 g/mol. The highest BCUT2D eigenvalue weighted by Gasteiger charge is 2.37. The second-order valence-corrected chi connectivity index (χ2v) is 3.84. The van der Waals surface area contributed by atoms with E-state index in [2.05, 4.69) is 11.6 Å². The highest BCUT2D eigenvalue weighted by Crippen LogP contribution is 2.36. The van der Waals surface area contributed by atoms with Gasteiger partial charge in [-0.25, -0.2) is 4.98 Å². The van der Waals surface area contributed by atoms with Gasteiger partial charge in [0.1, 0.15) is 11.6 Å². The van der Waals surface area contributed by atoms with Crippen LogP contribution in [0.4, 0.5) is 18.9 Å². The first-order valence-electron chi connectivity index (χ1n) is 5.21. The summed E-state index contributed by atoms with van der Waals surface area (Å²) in [5, 5.41) is 9.17. The first-order valence-corrected chi connectivity index (χ1v) is 5.21. The van der Waals surface area contributed by atoms with Crippen molar-refractivity contribution >= 4 is 22.7 Å².